The molecular weight excluding hydrogens is 174 g/mol. The van der Waals surface area contributed by atoms with Gasteiger partial charge in [0.05, 0.1) is 0 Å². The Kier molecular flexibility index (Phi) is 1.76. The predicted molar refractivity (Wildman–Crippen MR) is 55.3 cm³/mol. The van der Waals surface area contributed by atoms with Crippen LogP contribution in [0.2, 0.25) is 0 Å². The lowest BCUT2D eigenvalue weighted by Gasteiger charge is -2.21. The Hall–Kier alpha value is -1.05. The van der Waals surface area contributed by atoms with Crippen molar-refractivity contribution in [2.75, 3.05) is 0 Å². The first-order valence-electron chi connectivity index (χ1n) is 5.52. The van der Waals surface area contributed by atoms with Gasteiger partial charge in [-0.3, -0.25) is 4.79 Å². The van der Waals surface area contributed by atoms with Gasteiger partial charge in [-0.1, -0.05) is 12.5 Å². The SMILES string of the molecule is O=c1cccc(C2CC3CCC2C3)[nH]1. The molecule has 1 aromatic heterocycles. The van der Waals surface area contributed by atoms with Crippen LogP contribution in [-0.2, 0) is 0 Å². The summed E-state index contributed by atoms with van der Waals surface area (Å²) in [5, 5.41) is 0. The lowest BCUT2D eigenvalue weighted by atomic mass is 9.86. The van der Waals surface area contributed by atoms with Gasteiger partial charge in [-0.2, -0.15) is 0 Å². The van der Waals surface area contributed by atoms with Crippen molar-refractivity contribution in [3.8, 4) is 0 Å². The van der Waals surface area contributed by atoms with Crippen LogP contribution in [0.15, 0.2) is 23.0 Å². The Bertz CT molecular complexity index is 395. The third-order valence-corrected chi connectivity index (χ3v) is 3.93. The van der Waals surface area contributed by atoms with Crippen molar-refractivity contribution >= 4 is 0 Å². The molecule has 2 aliphatic rings. The maximum atomic E-state index is 11.2. The van der Waals surface area contributed by atoms with Gasteiger partial charge in [0.15, 0.2) is 0 Å². The van der Waals surface area contributed by atoms with Crippen LogP contribution in [0.4, 0.5) is 0 Å². The normalized spacial score (nSPS) is 35.0. The maximum Gasteiger partial charge on any atom is 0.248 e. The van der Waals surface area contributed by atoms with Crippen LogP contribution in [0.25, 0.3) is 0 Å². The molecule has 0 saturated heterocycles. The molecule has 2 fully saturated rings. The molecule has 74 valence electrons. The van der Waals surface area contributed by atoms with Crippen molar-refractivity contribution in [2.45, 2.75) is 31.6 Å². The average molecular weight is 189 g/mol. The van der Waals surface area contributed by atoms with Crippen LogP contribution in [0.1, 0.15) is 37.3 Å². The van der Waals surface area contributed by atoms with E-state index in [4.69, 9.17) is 0 Å². The molecule has 0 aliphatic heterocycles. The molecule has 2 bridgehead atoms. The molecule has 2 nitrogen and oxygen atoms in total. The van der Waals surface area contributed by atoms with Crippen molar-refractivity contribution in [3.05, 3.63) is 34.2 Å². The van der Waals surface area contributed by atoms with E-state index in [1.807, 2.05) is 6.07 Å². The van der Waals surface area contributed by atoms with Crippen molar-refractivity contribution in [1.82, 2.24) is 4.98 Å². The summed E-state index contributed by atoms with van der Waals surface area (Å²) in [4.78, 5) is 14.2. The third-order valence-electron chi connectivity index (χ3n) is 3.93. The van der Waals surface area contributed by atoms with E-state index >= 15 is 0 Å². The lowest BCUT2D eigenvalue weighted by molar-refractivity contribution is 0.412. The molecule has 14 heavy (non-hydrogen) atoms. The summed E-state index contributed by atoms with van der Waals surface area (Å²) in [6.45, 7) is 0. The van der Waals surface area contributed by atoms with E-state index in [1.165, 1.54) is 31.4 Å². The van der Waals surface area contributed by atoms with Crippen LogP contribution < -0.4 is 5.56 Å². The van der Waals surface area contributed by atoms with Gasteiger partial charge in [-0.05, 0) is 37.2 Å². The highest BCUT2D eigenvalue weighted by Crippen LogP contribution is 2.52. The number of pyridine rings is 1. The summed E-state index contributed by atoms with van der Waals surface area (Å²) in [6, 6.07) is 5.55. The highest BCUT2D eigenvalue weighted by molar-refractivity contribution is 5.14. The maximum absolute atomic E-state index is 11.2. The van der Waals surface area contributed by atoms with Crippen LogP contribution in [0.5, 0.6) is 0 Å². The number of aromatic nitrogens is 1. The quantitative estimate of drug-likeness (QED) is 0.722. The minimum absolute atomic E-state index is 0.0465. The molecule has 2 saturated carbocycles. The number of fused-ring (bicyclic) bond motifs is 2. The summed E-state index contributed by atoms with van der Waals surface area (Å²) in [5.74, 6) is 2.43. The molecule has 3 unspecified atom stereocenters. The molecule has 2 heteroatoms. The summed E-state index contributed by atoms with van der Waals surface area (Å²) < 4.78 is 0. The Labute approximate surface area is 83.4 Å². The standard InChI is InChI=1S/C12H15NO/c14-12-3-1-2-11(13-12)10-7-8-4-5-9(10)6-8/h1-3,8-10H,4-7H2,(H,13,14). The van der Waals surface area contributed by atoms with Crippen molar-refractivity contribution < 1.29 is 0 Å². The van der Waals surface area contributed by atoms with E-state index in [2.05, 4.69) is 11.1 Å². The van der Waals surface area contributed by atoms with Gasteiger partial charge in [0.25, 0.3) is 0 Å². The second-order valence-electron chi connectivity index (χ2n) is 4.75. The van der Waals surface area contributed by atoms with E-state index in [-0.39, 0.29) is 5.56 Å². The zero-order chi connectivity index (χ0) is 9.54. The van der Waals surface area contributed by atoms with Crippen LogP contribution >= 0.6 is 0 Å². The van der Waals surface area contributed by atoms with Crippen LogP contribution in [0.3, 0.4) is 0 Å². The second-order valence-corrected chi connectivity index (χ2v) is 4.75. The largest absolute Gasteiger partial charge is 0.326 e. The van der Waals surface area contributed by atoms with Gasteiger partial charge in [0.2, 0.25) is 5.56 Å². The fourth-order valence-electron chi connectivity index (χ4n) is 3.31. The molecule has 1 heterocycles. The van der Waals surface area contributed by atoms with Crippen molar-refractivity contribution in [3.63, 3.8) is 0 Å². The van der Waals surface area contributed by atoms with E-state index in [1.54, 1.807) is 6.07 Å². The first-order chi connectivity index (χ1) is 6.83. The first kappa shape index (κ1) is 8.27. The van der Waals surface area contributed by atoms with E-state index in [0.717, 1.165) is 11.8 Å². The van der Waals surface area contributed by atoms with E-state index in [9.17, 15) is 4.79 Å². The fourth-order valence-corrected chi connectivity index (χ4v) is 3.31. The second kappa shape index (κ2) is 2.97. The lowest BCUT2D eigenvalue weighted by Crippen LogP contribution is -2.14. The number of nitrogens with one attached hydrogen (secondary N) is 1. The molecule has 3 rings (SSSR count). The minimum atomic E-state index is 0.0465. The van der Waals surface area contributed by atoms with Gasteiger partial charge in [0, 0.05) is 17.7 Å². The molecule has 0 radical (unpaired) electrons. The number of rotatable bonds is 1. The van der Waals surface area contributed by atoms with Gasteiger partial charge in [-0.15, -0.1) is 0 Å². The predicted octanol–water partition coefficient (Wildman–Crippen LogP) is 2.28. The number of aromatic amines is 1. The van der Waals surface area contributed by atoms with Gasteiger partial charge in [-0.25, -0.2) is 0 Å². The Morgan fingerprint density at radius 2 is 2.14 bits per heavy atom. The van der Waals surface area contributed by atoms with Crippen LogP contribution in [0, 0.1) is 11.8 Å². The van der Waals surface area contributed by atoms with Gasteiger partial charge >= 0.3 is 0 Å². The number of H-pyrrole nitrogens is 1. The fraction of sp³-hybridized carbons (Fsp3) is 0.583. The highest BCUT2D eigenvalue weighted by atomic mass is 16.1. The van der Waals surface area contributed by atoms with E-state index < -0.39 is 0 Å². The Morgan fingerprint density at radius 3 is 2.79 bits per heavy atom. The smallest absolute Gasteiger partial charge is 0.248 e. The minimum Gasteiger partial charge on any atom is -0.326 e. The summed E-state index contributed by atoms with van der Waals surface area (Å²) in [7, 11) is 0. The zero-order valence-electron chi connectivity index (χ0n) is 8.20. The summed E-state index contributed by atoms with van der Waals surface area (Å²) >= 11 is 0. The third kappa shape index (κ3) is 1.21. The number of hydrogen-bond acceptors (Lipinski definition) is 1. The molecule has 0 amide bonds. The molecular formula is C12H15NO. The van der Waals surface area contributed by atoms with Gasteiger partial charge < -0.3 is 4.98 Å². The molecule has 1 N–H and O–H groups in total. The Balaban J connectivity index is 1.93. The molecule has 0 spiro atoms. The average Bonchev–Trinajstić information content (AvgIpc) is 2.78. The van der Waals surface area contributed by atoms with E-state index in [0.29, 0.717) is 5.92 Å². The topological polar surface area (TPSA) is 32.9 Å². The molecule has 2 aliphatic carbocycles. The molecule has 3 atom stereocenters. The summed E-state index contributed by atoms with van der Waals surface area (Å²) in [6.07, 6.45) is 5.47. The number of hydrogen-bond donors (Lipinski definition) is 1. The Morgan fingerprint density at radius 1 is 1.21 bits per heavy atom. The van der Waals surface area contributed by atoms with Gasteiger partial charge in [0.1, 0.15) is 0 Å². The zero-order valence-corrected chi connectivity index (χ0v) is 8.20. The highest BCUT2D eigenvalue weighted by Gasteiger charge is 2.40. The van der Waals surface area contributed by atoms with Crippen molar-refractivity contribution in [1.29, 1.82) is 0 Å². The summed E-state index contributed by atoms with van der Waals surface area (Å²) in [5.41, 5.74) is 1.22. The molecule has 1 aromatic rings. The van der Waals surface area contributed by atoms with Crippen LogP contribution in [-0.4, -0.2) is 4.98 Å². The monoisotopic (exact) mass is 189 g/mol. The first-order valence-corrected chi connectivity index (χ1v) is 5.52. The molecule has 0 aromatic carbocycles. The van der Waals surface area contributed by atoms with Crippen molar-refractivity contribution in [2.24, 2.45) is 11.8 Å².